The Morgan fingerprint density at radius 3 is 2.51 bits per heavy atom. The lowest BCUT2D eigenvalue weighted by molar-refractivity contribution is -0.677. The number of esters is 1. The molecule has 0 N–H and O–H groups in total. The van der Waals surface area contributed by atoms with E-state index in [1.54, 1.807) is 7.11 Å². The van der Waals surface area contributed by atoms with Gasteiger partial charge >= 0.3 is 5.97 Å². The van der Waals surface area contributed by atoms with Crippen LogP contribution in [0.5, 0.6) is 5.75 Å². The number of aromatic nitrogens is 3. The Bertz CT molecular complexity index is 1590. The van der Waals surface area contributed by atoms with E-state index in [4.69, 9.17) is 26.1 Å². The van der Waals surface area contributed by atoms with E-state index < -0.39 is 5.97 Å². The molecule has 0 amide bonds. The summed E-state index contributed by atoms with van der Waals surface area (Å²) < 4.78 is 14.6. The van der Waals surface area contributed by atoms with Gasteiger partial charge in [0.1, 0.15) is 12.8 Å². The van der Waals surface area contributed by atoms with Crippen LogP contribution in [0.15, 0.2) is 66.9 Å². The number of hydrogen-bond donors (Lipinski definition) is 0. The van der Waals surface area contributed by atoms with E-state index in [9.17, 15) is 4.79 Å². The number of nitrogens with zero attached hydrogens (tertiary/aromatic N) is 3. The Balaban J connectivity index is 1.81. The number of benzene rings is 2. The van der Waals surface area contributed by atoms with Crippen molar-refractivity contribution < 1.29 is 18.8 Å². The van der Waals surface area contributed by atoms with Crippen LogP contribution in [0.1, 0.15) is 21.6 Å². The number of methoxy groups -OCH3 is 2. The second kappa shape index (κ2) is 9.04. The summed E-state index contributed by atoms with van der Waals surface area (Å²) in [5.41, 5.74) is 6.58. The quantitative estimate of drug-likeness (QED) is 0.243. The van der Waals surface area contributed by atoms with Gasteiger partial charge in [-0.05, 0) is 48.0 Å². The summed E-state index contributed by atoms with van der Waals surface area (Å²) in [6.45, 7) is 2.56. The molecule has 176 valence electrons. The zero-order chi connectivity index (χ0) is 24.7. The van der Waals surface area contributed by atoms with Gasteiger partial charge in [-0.25, -0.2) is 14.3 Å². The summed E-state index contributed by atoms with van der Waals surface area (Å²) in [7, 11) is 5.03. The third-order valence-corrected chi connectivity index (χ3v) is 6.60. The van der Waals surface area contributed by atoms with Gasteiger partial charge in [0, 0.05) is 29.9 Å². The first-order valence-corrected chi connectivity index (χ1v) is 11.6. The second-order valence-electron chi connectivity index (χ2n) is 8.51. The Morgan fingerprint density at radius 1 is 1.06 bits per heavy atom. The second-order valence-corrected chi connectivity index (χ2v) is 8.95. The summed E-state index contributed by atoms with van der Waals surface area (Å²) in [5.74, 6) is 0.367. The number of ether oxygens (including phenoxy) is 2. The molecule has 0 spiro atoms. The molecule has 0 aliphatic heterocycles. The molecule has 3 heterocycles. The number of rotatable bonds is 5. The maximum Gasteiger partial charge on any atom is 0.340 e. The van der Waals surface area contributed by atoms with Crippen molar-refractivity contribution in [3.05, 3.63) is 88.7 Å². The van der Waals surface area contributed by atoms with Crippen molar-refractivity contribution in [3.63, 3.8) is 0 Å². The molecule has 5 rings (SSSR count). The minimum absolute atomic E-state index is 0.417. The maximum atomic E-state index is 13.1. The first kappa shape index (κ1) is 22.9. The van der Waals surface area contributed by atoms with Crippen LogP contribution < -0.4 is 9.30 Å². The van der Waals surface area contributed by atoms with Crippen molar-refractivity contribution in [2.24, 2.45) is 7.05 Å². The van der Waals surface area contributed by atoms with Gasteiger partial charge in [0.15, 0.2) is 11.9 Å². The highest BCUT2D eigenvalue weighted by molar-refractivity contribution is 6.31. The Labute approximate surface area is 208 Å². The van der Waals surface area contributed by atoms with Crippen LogP contribution in [0.2, 0.25) is 5.02 Å². The van der Waals surface area contributed by atoms with E-state index >= 15 is 0 Å². The van der Waals surface area contributed by atoms with Crippen molar-refractivity contribution in [2.45, 2.75) is 13.5 Å². The molecular weight excluding hydrogens is 462 g/mol. The first-order valence-electron chi connectivity index (χ1n) is 11.2. The molecule has 3 aromatic heterocycles. The molecule has 0 fully saturated rings. The fourth-order valence-corrected chi connectivity index (χ4v) is 4.54. The molecular formula is C28H25ClN3O3+. The number of carbonyl (C=O) groups excluding carboxylic acids is 1. The van der Waals surface area contributed by atoms with Crippen LogP contribution in [0.3, 0.4) is 0 Å². The summed E-state index contributed by atoms with van der Waals surface area (Å²) in [6, 6.07) is 19.4. The van der Waals surface area contributed by atoms with Crippen LogP contribution in [-0.4, -0.2) is 29.7 Å². The van der Waals surface area contributed by atoms with Crippen molar-refractivity contribution in [1.82, 2.24) is 9.55 Å². The third kappa shape index (κ3) is 4.10. The minimum atomic E-state index is -0.417. The first-order chi connectivity index (χ1) is 16.9. The highest BCUT2D eigenvalue weighted by atomic mass is 35.5. The van der Waals surface area contributed by atoms with Crippen molar-refractivity contribution in [3.8, 4) is 17.0 Å². The third-order valence-electron chi connectivity index (χ3n) is 6.36. The molecule has 2 aromatic carbocycles. The van der Waals surface area contributed by atoms with Crippen molar-refractivity contribution in [1.29, 1.82) is 0 Å². The monoisotopic (exact) mass is 486 g/mol. The van der Waals surface area contributed by atoms with Gasteiger partial charge in [0.05, 0.1) is 47.6 Å². The topological polar surface area (TPSA) is 57.2 Å². The largest absolute Gasteiger partial charge is 0.497 e. The molecule has 0 unspecified atom stereocenters. The lowest BCUT2D eigenvalue weighted by Gasteiger charge is -2.12. The van der Waals surface area contributed by atoms with Crippen LogP contribution in [0.4, 0.5) is 0 Å². The summed E-state index contributed by atoms with van der Waals surface area (Å²) in [5, 5.41) is 1.53. The Morgan fingerprint density at radius 2 is 1.83 bits per heavy atom. The van der Waals surface area contributed by atoms with Crippen LogP contribution >= 0.6 is 11.6 Å². The highest BCUT2D eigenvalue weighted by Crippen LogP contribution is 2.35. The fraction of sp³-hybridized carbons (Fsp3) is 0.179. The zero-order valence-corrected chi connectivity index (χ0v) is 20.8. The van der Waals surface area contributed by atoms with Crippen LogP contribution in [-0.2, 0) is 18.3 Å². The Hall–Kier alpha value is -3.90. The average molecular weight is 487 g/mol. The normalized spacial score (nSPS) is 11.2. The summed E-state index contributed by atoms with van der Waals surface area (Å²) in [4.78, 5) is 18.1. The molecule has 5 aromatic rings. The molecule has 0 bridgehead atoms. The molecule has 7 heteroatoms. The zero-order valence-electron chi connectivity index (χ0n) is 20.0. The predicted octanol–water partition coefficient (Wildman–Crippen LogP) is 5.49. The molecule has 0 saturated heterocycles. The number of pyridine rings is 2. The Kier molecular flexibility index (Phi) is 5.91. The molecule has 0 radical (unpaired) electrons. The van der Waals surface area contributed by atoms with E-state index in [1.807, 2.05) is 85.4 Å². The summed E-state index contributed by atoms with van der Waals surface area (Å²) >= 11 is 6.41. The van der Waals surface area contributed by atoms with Gasteiger partial charge in [0.25, 0.3) is 0 Å². The maximum absolute atomic E-state index is 13.1. The minimum Gasteiger partial charge on any atom is -0.497 e. The number of fused-ring (bicyclic) bond motifs is 3. The number of hydrogen-bond acceptors (Lipinski definition) is 4. The van der Waals surface area contributed by atoms with E-state index in [0.29, 0.717) is 28.3 Å². The molecule has 35 heavy (non-hydrogen) atoms. The molecule has 6 nitrogen and oxygen atoms in total. The lowest BCUT2D eigenvalue weighted by atomic mass is 10.1. The lowest BCUT2D eigenvalue weighted by Crippen LogP contribution is -2.31. The number of aryl methyl sites for hydroxylation is 2. The van der Waals surface area contributed by atoms with E-state index in [2.05, 4.69) is 4.57 Å². The summed E-state index contributed by atoms with van der Waals surface area (Å²) in [6.07, 6.45) is 2.01. The van der Waals surface area contributed by atoms with Gasteiger partial charge in [-0.3, -0.25) is 0 Å². The van der Waals surface area contributed by atoms with Gasteiger partial charge in [-0.2, -0.15) is 0 Å². The SMILES string of the molecule is COC(=O)c1cc(-c2ccc(C)[n+](C)c2)nc2c3ccc(Cl)cc3n(Cc3ccc(OC)cc3)c12. The smallest absolute Gasteiger partial charge is 0.340 e. The molecule has 0 aliphatic carbocycles. The van der Waals surface area contributed by atoms with E-state index in [0.717, 1.165) is 39.0 Å². The number of halogens is 1. The van der Waals surface area contributed by atoms with Crippen molar-refractivity contribution in [2.75, 3.05) is 14.2 Å². The fourth-order valence-electron chi connectivity index (χ4n) is 4.37. The van der Waals surface area contributed by atoms with Crippen LogP contribution in [0.25, 0.3) is 33.2 Å². The van der Waals surface area contributed by atoms with Crippen molar-refractivity contribution >= 4 is 39.5 Å². The molecule has 0 saturated carbocycles. The van der Waals surface area contributed by atoms with Gasteiger partial charge in [0.2, 0.25) is 0 Å². The highest BCUT2D eigenvalue weighted by Gasteiger charge is 2.23. The molecule has 0 atom stereocenters. The molecule has 0 aliphatic rings. The van der Waals surface area contributed by atoms with E-state index in [1.165, 1.54) is 7.11 Å². The van der Waals surface area contributed by atoms with E-state index in [-0.39, 0.29) is 0 Å². The average Bonchev–Trinajstić information content (AvgIpc) is 3.17. The van der Waals surface area contributed by atoms with Gasteiger partial charge in [-0.1, -0.05) is 23.7 Å². The number of carbonyl (C=O) groups is 1. The predicted molar refractivity (Wildman–Crippen MR) is 137 cm³/mol. The van der Waals surface area contributed by atoms with Crippen LogP contribution in [0, 0.1) is 6.92 Å². The van der Waals surface area contributed by atoms with Gasteiger partial charge < -0.3 is 14.0 Å². The van der Waals surface area contributed by atoms with Gasteiger partial charge in [-0.15, -0.1) is 0 Å². The standard InChI is InChI=1S/C28H25ClN3O3/c1-17-5-8-19(16-31(17)2)24-14-23(28(33)35-4)27-26(30-24)22-12-9-20(29)13-25(22)32(27)15-18-6-10-21(34-3)11-7-18/h5-14,16H,15H2,1-4H3/q+1.